The normalized spacial score (nSPS) is 14.0. The second-order valence-corrected chi connectivity index (χ2v) is 6.17. The topological polar surface area (TPSA) is 87.7 Å². The van der Waals surface area contributed by atoms with Gasteiger partial charge in [-0.25, -0.2) is 4.79 Å². The number of nitrogens with one attached hydrogen (secondary N) is 2. The van der Waals surface area contributed by atoms with Gasteiger partial charge in [0.15, 0.2) is 6.61 Å². The van der Waals surface area contributed by atoms with Crippen LogP contribution in [-0.4, -0.2) is 35.9 Å². The molecule has 2 aromatic rings. The molecule has 10 heteroatoms. The van der Waals surface area contributed by atoms with Crippen LogP contribution in [0.3, 0.4) is 0 Å². The maximum atomic E-state index is 12.9. The number of imide groups is 1. The molecule has 2 N–H and O–H groups in total. The molecule has 1 aliphatic rings. The number of benzene rings is 2. The predicted octanol–water partition coefficient (Wildman–Crippen LogP) is 2.77. The third-order valence-corrected chi connectivity index (χ3v) is 4.04. The molecule has 0 unspecified atom stereocenters. The van der Waals surface area contributed by atoms with Crippen molar-refractivity contribution >= 4 is 23.5 Å². The largest absolute Gasteiger partial charge is 0.483 e. The molecule has 0 saturated carbocycles. The van der Waals surface area contributed by atoms with E-state index in [1.54, 1.807) is 24.3 Å². The van der Waals surface area contributed by atoms with Crippen LogP contribution in [0.2, 0.25) is 0 Å². The molecule has 29 heavy (non-hydrogen) atoms. The van der Waals surface area contributed by atoms with E-state index in [0.29, 0.717) is 11.3 Å². The Kier molecular flexibility index (Phi) is 5.71. The van der Waals surface area contributed by atoms with Gasteiger partial charge in [-0.3, -0.25) is 14.5 Å². The lowest BCUT2D eigenvalue weighted by Crippen LogP contribution is -2.30. The Labute approximate surface area is 163 Å². The van der Waals surface area contributed by atoms with E-state index in [4.69, 9.17) is 4.74 Å². The van der Waals surface area contributed by atoms with Crippen molar-refractivity contribution in [2.75, 3.05) is 18.5 Å². The minimum atomic E-state index is -4.60. The fourth-order valence-electron chi connectivity index (χ4n) is 2.71. The van der Waals surface area contributed by atoms with Crippen molar-refractivity contribution < 1.29 is 32.3 Å². The summed E-state index contributed by atoms with van der Waals surface area (Å²) in [5.41, 5.74) is -0.0212. The number of hydrogen-bond acceptors (Lipinski definition) is 4. The molecule has 152 valence electrons. The van der Waals surface area contributed by atoms with Crippen molar-refractivity contribution in [3.05, 3.63) is 59.7 Å². The monoisotopic (exact) mass is 407 g/mol. The van der Waals surface area contributed by atoms with Gasteiger partial charge in [0.2, 0.25) is 5.91 Å². The minimum Gasteiger partial charge on any atom is -0.483 e. The van der Waals surface area contributed by atoms with Crippen LogP contribution in [-0.2, 0) is 22.3 Å². The molecule has 0 bridgehead atoms. The van der Waals surface area contributed by atoms with E-state index in [1.165, 1.54) is 12.1 Å². The first-order valence-corrected chi connectivity index (χ1v) is 8.50. The van der Waals surface area contributed by atoms with E-state index in [0.717, 1.165) is 17.0 Å². The zero-order chi connectivity index (χ0) is 21.0. The van der Waals surface area contributed by atoms with E-state index < -0.39 is 36.0 Å². The fraction of sp³-hybridized carbons (Fsp3) is 0.211. The Morgan fingerprint density at radius 1 is 1.14 bits per heavy atom. The molecule has 0 aromatic heterocycles. The van der Waals surface area contributed by atoms with Crippen molar-refractivity contribution in [2.24, 2.45) is 0 Å². The van der Waals surface area contributed by atoms with E-state index in [-0.39, 0.29) is 19.0 Å². The zero-order valence-electron chi connectivity index (χ0n) is 15.0. The Hall–Kier alpha value is -3.56. The van der Waals surface area contributed by atoms with E-state index in [1.807, 2.05) is 0 Å². The number of rotatable bonds is 6. The van der Waals surface area contributed by atoms with Crippen LogP contribution in [0.25, 0.3) is 0 Å². The first-order chi connectivity index (χ1) is 13.7. The molecule has 1 saturated heterocycles. The number of anilines is 1. The zero-order valence-corrected chi connectivity index (χ0v) is 15.0. The quantitative estimate of drug-likeness (QED) is 0.721. The summed E-state index contributed by atoms with van der Waals surface area (Å²) in [5, 5.41) is 4.91. The number of hydrogen-bond donors (Lipinski definition) is 2. The summed E-state index contributed by atoms with van der Waals surface area (Å²) >= 11 is 0. The molecule has 0 aliphatic carbocycles. The number of alkyl halides is 3. The molecule has 7 nitrogen and oxygen atoms in total. The van der Waals surface area contributed by atoms with Crippen LogP contribution in [0.4, 0.5) is 23.7 Å². The van der Waals surface area contributed by atoms with Crippen molar-refractivity contribution in [1.82, 2.24) is 10.2 Å². The molecule has 1 heterocycles. The van der Waals surface area contributed by atoms with Crippen LogP contribution in [0.5, 0.6) is 5.75 Å². The SMILES string of the molecule is O=C(COc1ccccc1C(F)(F)F)Nc1cccc(CN2C(=O)CNC2=O)c1. The van der Waals surface area contributed by atoms with Gasteiger partial charge in [0, 0.05) is 5.69 Å². The molecule has 1 aliphatic heterocycles. The average molecular weight is 407 g/mol. The van der Waals surface area contributed by atoms with Gasteiger partial charge in [-0.05, 0) is 29.8 Å². The van der Waals surface area contributed by atoms with Gasteiger partial charge in [-0.15, -0.1) is 0 Å². The summed E-state index contributed by atoms with van der Waals surface area (Å²) in [6, 6.07) is 10.5. The molecule has 0 spiro atoms. The average Bonchev–Trinajstić information content (AvgIpc) is 2.98. The van der Waals surface area contributed by atoms with Gasteiger partial charge in [0.1, 0.15) is 5.75 Å². The second-order valence-electron chi connectivity index (χ2n) is 6.17. The smallest absolute Gasteiger partial charge is 0.419 e. The summed E-state index contributed by atoms with van der Waals surface area (Å²) in [6.07, 6.45) is -4.60. The van der Waals surface area contributed by atoms with Crippen LogP contribution >= 0.6 is 0 Å². The lowest BCUT2D eigenvalue weighted by atomic mass is 10.2. The highest BCUT2D eigenvalue weighted by Crippen LogP contribution is 2.35. The summed E-state index contributed by atoms with van der Waals surface area (Å²) in [6.45, 7) is -0.653. The molecule has 0 atom stereocenters. The van der Waals surface area contributed by atoms with Gasteiger partial charge in [0.25, 0.3) is 5.91 Å². The molecule has 0 radical (unpaired) electrons. The first kappa shape index (κ1) is 20.2. The third-order valence-electron chi connectivity index (χ3n) is 4.04. The van der Waals surface area contributed by atoms with Gasteiger partial charge in [-0.2, -0.15) is 13.2 Å². The maximum absolute atomic E-state index is 12.9. The maximum Gasteiger partial charge on any atom is 0.419 e. The Bertz CT molecular complexity index is 930. The molecule has 4 amide bonds. The van der Waals surface area contributed by atoms with Crippen molar-refractivity contribution in [2.45, 2.75) is 12.7 Å². The fourth-order valence-corrected chi connectivity index (χ4v) is 2.71. The van der Waals surface area contributed by atoms with Crippen LogP contribution in [0, 0.1) is 0 Å². The molecular weight excluding hydrogens is 391 g/mol. The number of urea groups is 1. The predicted molar refractivity (Wildman–Crippen MR) is 96.0 cm³/mol. The van der Waals surface area contributed by atoms with Gasteiger partial charge >= 0.3 is 12.2 Å². The standard InChI is InChI=1S/C19H16F3N3O4/c20-19(21,22)14-6-1-2-7-15(14)29-11-16(26)24-13-5-3-4-12(8-13)10-25-17(27)9-23-18(25)28/h1-8H,9-11H2,(H,23,28)(H,24,26). The number of ether oxygens (including phenoxy) is 1. The first-order valence-electron chi connectivity index (χ1n) is 8.50. The minimum absolute atomic E-state index is 0.0316. The van der Waals surface area contributed by atoms with E-state index in [9.17, 15) is 27.6 Å². The number of halogens is 3. The highest BCUT2D eigenvalue weighted by molar-refractivity contribution is 6.01. The van der Waals surface area contributed by atoms with Crippen LogP contribution < -0.4 is 15.4 Å². The van der Waals surface area contributed by atoms with Crippen LogP contribution in [0.1, 0.15) is 11.1 Å². The highest BCUT2D eigenvalue weighted by atomic mass is 19.4. The van der Waals surface area contributed by atoms with Crippen molar-refractivity contribution in [3.63, 3.8) is 0 Å². The summed E-state index contributed by atoms with van der Waals surface area (Å²) in [4.78, 5) is 36.3. The van der Waals surface area contributed by atoms with E-state index >= 15 is 0 Å². The number of amides is 4. The third kappa shape index (κ3) is 5.03. The number of carbonyl (C=O) groups excluding carboxylic acids is 3. The number of nitrogens with zero attached hydrogens (tertiary/aromatic N) is 1. The Balaban J connectivity index is 1.60. The van der Waals surface area contributed by atoms with Gasteiger partial charge in [0.05, 0.1) is 18.7 Å². The Morgan fingerprint density at radius 2 is 1.90 bits per heavy atom. The van der Waals surface area contributed by atoms with E-state index in [2.05, 4.69) is 10.6 Å². The molecule has 1 fully saturated rings. The highest BCUT2D eigenvalue weighted by Gasteiger charge is 2.34. The summed E-state index contributed by atoms with van der Waals surface area (Å²) < 4.78 is 43.9. The lowest BCUT2D eigenvalue weighted by Gasteiger charge is -2.15. The second kappa shape index (κ2) is 8.21. The summed E-state index contributed by atoms with van der Waals surface area (Å²) in [5.74, 6) is -1.46. The van der Waals surface area contributed by atoms with Gasteiger partial charge in [-0.1, -0.05) is 24.3 Å². The van der Waals surface area contributed by atoms with Crippen LogP contribution in [0.15, 0.2) is 48.5 Å². The number of carbonyl (C=O) groups is 3. The molecule has 3 rings (SSSR count). The number of para-hydroxylation sites is 1. The molecular formula is C19H16F3N3O4. The Morgan fingerprint density at radius 3 is 2.59 bits per heavy atom. The van der Waals surface area contributed by atoms with Crippen molar-refractivity contribution in [3.8, 4) is 5.75 Å². The summed E-state index contributed by atoms with van der Waals surface area (Å²) in [7, 11) is 0. The van der Waals surface area contributed by atoms with Crippen molar-refractivity contribution in [1.29, 1.82) is 0 Å². The van der Waals surface area contributed by atoms with Gasteiger partial charge < -0.3 is 15.4 Å². The molecule has 2 aromatic carbocycles. The lowest BCUT2D eigenvalue weighted by molar-refractivity contribution is -0.139.